The molecule has 0 N–H and O–H groups in total. The molecule has 5 nitrogen and oxygen atoms in total. The number of carbonyl (C=O) groups is 1. The molecule has 1 aromatic rings. The van der Waals surface area contributed by atoms with E-state index in [0.717, 1.165) is 23.8 Å². The van der Waals surface area contributed by atoms with Gasteiger partial charge in [0.2, 0.25) is 0 Å². The first-order valence-corrected chi connectivity index (χ1v) is 8.35. The molecule has 0 unspecified atom stereocenters. The quantitative estimate of drug-likeness (QED) is 0.786. The predicted octanol–water partition coefficient (Wildman–Crippen LogP) is 2.86. The molecular formula is C15H23N3O2S. The monoisotopic (exact) mass is 309 g/mol. The molecule has 0 atom stereocenters. The number of hydrogen-bond acceptors (Lipinski definition) is 5. The Morgan fingerprint density at radius 2 is 1.95 bits per heavy atom. The van der Waals surface area contributed by atoms with E-state index in [0.29, 0.717) is 13.1 Å². The van der Waals surface area contributed by atoms with E-state index in [1.807, 2.05) is 39.3 Å². The van der Waals surface area contributed by atoms with E-state index in [1.165, 1.54) is 0 Å². The summed E-state index contributed by atoms with van der Waals surface area (Å²) in [6, 6.07) is 4.04. The summed E-state index contributed by atoms with van der Waals surface area (Å²) in [4.78, 5) is 20.5. The largest absolute Gasteiger partial charge is 0.444 e. The Morgan fingerprint density at radius 3 is 2.52 bits per heavy atom. The van der Waals surface area contributed by atoms with Crippen LogP contribution in [0.15, 0.2) is 23.4 Å². The van der Waals surface area contributed by atoms with Crippen molar-refractivity contribution in [2.45, 2.75) is 31.4 Å². The maximum absolute atomic E-state index is 12.0. The summed E-state index contributed by atoms with van der Waals surface area (Å²) in [6.07, 6.45) is 3.62. The maximum Gasteiger partial charge on any atom is 0.410 e. The number of anilines is 1. The van der Waals surface area contributed by atoms with Crippen LogP contribution in [0.1, 0.15) is 20.8 Å². The predicted molar refractivity (Wildman–Crippen MR) is 86.0 cm³/mol. The van der Waals surface area contributed by atoms with Crippen LogP contribution in [0.2, 0.25) is 0 Å². The third-order valence-corrected chi connectivity index (χ3v) is 3.92. The third-order valence-electron chi connectivity index (χ3n) is 3.22. The topological polar surface area (TPSA) is 45.7 Å². The van der Waals surface area contributed by atoms with Crippen LogP contribution in [0.4, 0.5) is 10.5 Å². The first-order chi connectivity index (χ1) is 9.90. The van der Waals surface area contributed by atoms with Crippen LogP contribution in [0, 0.1) is 0 Å². The first kappa shape index (κ1) is 15.9. The SMILES string of the molecule is CSc1ncccc1N1CCN(C(=O)OC(C)(C)C)CC1. The minimum atomic E-state index is -0.441. The van der Waals surface area contributed by atoms with Gasteiger partial charge in [0.15, 0.2) is 0 Å². The van der Waals surface area contributed by atoms with Crippen LogP contribution in [-0.2, 0) is 4.74 Å². The molecule has 0 spiro atoms. The molecule has 0 aromatic carbocycles. The van der Waals surface area contributed by atoms with Crippen molar-refractivity contribution in [3.8, 4) is 0 Å². The summed E-state index contributed by atoms with van der Waals surface area (Å²) in [5, 5.41) is 1.03. The van der Waals surface area contributed by atoms with Gasteiger partial charge in [0.1, 0.15) is 10.6 Å². The van der Waals surface area contributed by atoms with Gasteiger partial charge >= 0.3 is 6.09 Å². The number of amides is 1. The van der Waals surface area contributed by atoms with Gasteiger partial charge < -0.3 is 14.5 Å². The average molecular weight is 309 g/mol. The van der Waals surface area contributed by atoms with Gasteiger partial charge in [-0.1, -0.05) is 0 Å². The summed E-state index contributed by atoms with van der Waals surface area (Å²) in [7, 11) is 0. The lowest BCUT2D eigenvalue weighted by atomic mass is 10.2. The average Bonchev–Trinajstić information content (AvgIpc) is 2.45. The number of thioether (sulfide) groups is 1. The Balaban J connectivity index is 1.96. The molecular weight excluding hydrogens is 286 g/mol. The molecule has 116 valence electrons. The van der Waals surface area contributed by atoms with Crippen LogP contribution < -0.4 is 4.90 Å². The molecule has 2 heterocycles. The maximum atomic E-state index is 12.0. The van der Waals surface area contributed by atoms with Crippen molar-refractivity contribution in [3.63, 3.8) is 0 Å². The van der Waals surface area contributed by atoms with Gasteiger partial charge in [-0.3, -0.25) is 0 Å². The van der Waals surface area contributed by atoms with Crippen molar-refractivity contribution in [2.24, 2.45) is 0 Å². The number of nitrogens with zero attached hydrogens (tertiary/aromatic N) is 3. The first-order valence-electron chi connectivity index (χ1n) is 7.12. The molecule has 1 saturated heterocycles. The number of pyridine rings is 1. The van der Waals surface area contributed by atoms with Crippen molar-refractivity contribution in [1.29, 1.82) is 0 Å². The highest BCUT2D eigenvalue weighted by Crippen LogP contribution is 2.27. The number of hydrogen-bond donors (Lipinski definition) is 0. The van der Waals surface area contributed by atoms with E-state index < -0.39 is 5.60 Å². The van der Waals surface area contributed by atoms with Gasteiger partial charge in [0.05, 0.1) is 5.69 Å². The van der Waals surface area contributed by atoms with E-state index in [-0.39, 0.29) is 6.09 Å². The number of aromatic nitrogens is 1. The Bertz CT molecular complexity index is 494. The molecule has 21 heavy (non-hydrogen) atoms. The van der Waals surface area contributed by atoms with Crippen LogP contribution in [0.3, 0.4) is 0 Å². The van der Waals surface area contributed by atoms with E-state index in [1.54, 1.807) is 16.7 Å². The second-order valence-electron chi connectivity index (χ2n) is 5.99. The zero-order valence-corrected chi connectivity index (χ0v) is 13.9. The smallest absolute Gasteiger partial charge is 0.410 e. The highest BCUT2D eigenvalue weighted by atomic mass is 32.2. The molecule has 2 rings (SSSR count). The summed E-state index contributed by atoms with van der Waals surface area (Å²) in [5.41, 5.74) is 0.706. The van der Waals surface area contributed by atoms with Gasteiger partial charge in [-0.25, -0.2) is 9.78 Å². The molecule has 1 aliphatic heterocycles. The number of piperazine rings is 1. The molecule has 1 fully saturated rings. The van der Waals surface area contributed by atoms with E-state index in [4.69, 9.17) is 4.74 Å². The molecule has 1 aliphatic rings. The van der Waals surface area contributed by atoms with Gasteiger partial charge in [-0.05, 0) is 39.2 Å². The lowest BCUT2D eigenvalue weighted by Crippen LogP contribution is -2.50. The van der Waals surface area contributed by atoms with E-state index >= 15 is 0 Å². The summed E-state index contributed by atoms with van der Waals surface area (Å²) >= 11 is 1.65. The molecule has 0 bridgehead atoms. The highest BCUT2D eigenvalue weighted by Gasteiger charge is 2.26. The van der Waals surface area contributed by atoms with E-state index in [9.17, 15) is 4.79 Å². The second-order valence-corrected chi connectivity index (χ2v) is 6.78. The summed E-state index contributed by atoms with van der Waals surface area (Å²) < 4.78 is 5.42. The third kappa shape index (κ3) is 4.27. The zero-order chi connectivity index (χ0) is 15.5. The van der Waals surface area contributed by atoms with Crippen LogP contribution in [0.5, 0.6) is 0 Å². The van der Waals surface area contributed by atoms with Gasteiger partial charge in [-0.15, -0.1) is 11.8 Å². The zero-order valence-electron chi connectivity index (χ0n) is 13.1. The molecule has 0 aliphatic carbocycles. The number of carbonyl (C=O) groups excluding carboxylic acids is 1. The number of rotatable bonds is 2. The van der Waals surface area contributed by atoms with Gasteiger partial charge in [0, 0.05) is 32.4 Å². The Morgan fingerprint density at radius 1 is 1.29 bits per heavy atom. The van der Waals surface area contributed by atoms with Gasteiger partial charge in [0.25, 0.3) is 0 Å². The second kappa shape index (κ2) is 6.56. The Kier molecular flexibility index (Phi) is 4.98. The lowest BCUT2D eigenvalue weighted by molar-refractivity contribution is 0.0240. The highest BCUT2D eigenvalue weighted by molar-refractivity contribution is 7.98. The van der Waals surface area contributed by atoms with Crippen molar-refractivity contribution in [3.05, 3.63) is 18.3 Å². The van der Waals surface area contributed by atoms with Crippen LogP contribution >= 0.6 is 11.8 Å². The summed E-state index contributed by atoms with van der Waals surface area (Å²) in [6.45, 7) is 8.64. The Labute approximate surface area is 130 Å². The van der Waals surface area contributed by atoms with Crippen molar-refractivity contribution >= 4 is 23.5 Å². The molecule has 1 aromatic heterocycles. The summed E-state index contributed by atoms with van der Waals surface area (Å²) in [5.74, 6) is 0. The molecule has 0 saturated carbocycles. The lowest BCUT2D eigenvalue weighted by Gasteiger charge is -2.37. The fourth-order valence-corrected chi connectivity index (χ4v) is 2.81. The van der Waals surface area contributed by atoms with E-state index in [2.05, 4.69) is 16.0 Å². The number of ether oxygens (including phenoxy) is 1. The fourth-order valence-electron chi connectivity index (χ4n) is 2.24. The minimum Gasteiger partial charge on any atom is -0.444 e. The van der Waals surface area contributed by atoms with Crippen LogP contribution in [0.25, 0.3) is 0 Å². The fraction of sp³-hybridized carbons (Fsp3) is 0.600. The molecule has 6 heteroatoms. The van der Waals surface area contributed by atoms with Crippen molar-refractivity contribution < 1.29 is 9.53 Å². The van der Waals surface area contributed by atoms with Crippen LogP contribution in [-0.4, -0.2) is 54.0 Å². The molecule has 0 radical (unpaired) electrons. The van der Waals surface area contributed by atoms with Crippen molar-refractivity contribution in [1.82, 2.24) is 9.88 Å². The van der Waals surface area contributed by atoms with Gasteiger partial charge in [-0.2, -0.15) is 0 Å². The minimum absolute atomic E-state index is 0.224. The standard InChI is InChI=1S/C15H23N3O2S/c1-15(2,3)20-14(19)18-10-8-17(9-11-18)12-6-5-7-16-13(12)21-4/h5-7H,8-11H2,1-4H3. The van der Waals surface area contributed by atoms with Crippen molar-refractivity contribution in [2.75, 3.05) is 37.3 Å². The molecule has 1 amide bonds. The Hall–Kier alpha value is -1.43. The normalized spacial score (nSPS) is 16.0.